The number of piperidine rings is 1. The van der Waals surface area contributed by atoms with E-state index >= 15 is 0 Å². The first kappa shape index (κ1) is 23.5. The SMILES string of the molecule is CC1CCN([C@@H](CNC(=O)[C@H](NC(=O)Cc2ccccc2)C(C)C)c2cccs2)CC1. The standard InChI is InChI=1S/C25H35N3O2S/c1-18(2)24(27-23(29)16-20-8-5-4-6-9-20)25(30)26-17-21(22-10-7-15-31-22)28-13-11-19(3)12-14-28/h4-10,15,18-19,21,24H,11-14,16-17H2,1-3H3,(H,26,30)(H,27,29)/t21-,24+/m0/s1. The molecule has 1 saturated heterocycles. The normalized spacial score (nSPS) is 17.3. The molecule has 2 atom stereocenters. The molecule has 6 heteroatoms. The van der Waals surface area contributed by atoms with Crippen LogP contribution in [-0.4, -0.2) is 42.4 Å². The number of thiophene rings is 1. The number of benzene rings is 1. The number of hydrogen-bond donors (Lipinski definition) is 2. The van der Waals surface area contributed by atoms with Crippen LogP contribution in [0.3, 0.4) is 0 Å². The maximum atomic E-state index is 13.0. The number of rotatable bonds is 9. The lowest BCUT2D eigenvalue weighted by atomic mass is 9.97. The van der Waals surface area contributed by atoms with Crippen molar-refractivity contribution in [3.8, 4) is 0 Å². The minimum Gasteiger partial charge on any atom is -0.352 e. The summed E-state index contributed by atoms with van der Waals surface area (Å²) in [7, 11) is 0. The first-order valence-corrected chi connectivity index (χ1v) is 12.2. The maximum Gasteiger partial charge on any atom is 0.242 e. The van der Waals surface area contributed by atoms with Crippen LogP contribution >= 0.6 is 11.3 Å². The Morgan fingerprint density at radius 1 is 1.10 bits per heavy atom. The minimum atomic E-state index is -0.540. The van der Waals surface area contributed by atoms with Crippen molar-refractivity contribution in [3.05, 3.63) is 58.3 Å². The van der Waals surface area contributed by atoms with Gasteiger partial charge >= 0.3 is 0 Å². The van der Waals surface area contributed by atoms with Crippen molar-refractivity contribution < 1.29 is 9.59 Å². The second kappa shape index (κ2) is 11.4. The molecule has 0 bridgehead atoms. The first-order valence-electron chi connectivity index (χ1n) is 11.3. The largest absolute Gasteiger partial charge is 0.352 e. The number of carbonyl (C=O) groups is 2. The average molecular weight is 442 g/mol. The van der Waals surface area contributed by atoms with E-state index in [9.17, 15) is 9.59 Å². The summed E-state index contributed by atoms with van der Waals surface area (Å²) in [5, 5.41) is 8.18. The highest BCUT2D eigenvalue weighted by molar-refractivity contribution is 7.10. The van der Waals surface area contributed by atoms with Crippen LogP contribution in [0.25, 0.3) is 0 Å². The fraction of sp³-hybridized carbons (Fsp3) is 0.520. The monoisotopic (exact) mass is 441 g/mol. The van der Waals surface area contributed by atoms with Gasteiger partial charge in [-0.1, -0.05) is 57.2 Å². The number of likely N-dealkylation sites (tertiary alicyclic amines) is 1. The molecular weight excluding hydrogens is 406 g/mol. The predicted octanol–water partition coefficient (Wildman–Crippen LogP) is 4.02. The number of amides is 2. The molecule has 2 aromatic rings. The smallest absolute Gasteiger partial charge is 0.242 e. The molecule has 1 aliphatic rings. The summed E-state index contributed by atoms with van der Waals surface area (Å²) < 4.78 is 0. The van der Waals surface area contributed by atoms with E-state index in [0.29, 0.717) is 6.54 Å². The molecule has 2 heterocycles. The zero-order chi connectivity index (χ0) is 22.2. The lowest BCUT2D eigenvalue weighted by Gasteiger charge is -2.36. The Bertz CT molecular complexity index is 815. The summed E-state index contributed by atoms with van der Waals surface area (Å²) in [5.74, 6) is 0.541. The molecule has 0 radical (unpaired) electrons. The van der Waals surface area contributed by atoms with Crippen LogP contribution in [-0.2, 0) is 16.0 Å². The van der Waals surface area contributed by atoms with Crippen LogP contribution < -0.4 is 10.6 Å². The molecule has 0 saturated carbocycles. The van der Waals surface area contributed by atoms with E-state index in [1.807, 2.05) is 44.2 Å². The molecule has 1 aromatic heterocycles. The van der Waals surface area contributed by atoms with Crippen LogP contribution in [0.1, 0.15) is 50.1 Å². The second-order valence-corrected chi connectivity index (χ2v) is 9.93. The Balaban J connectivity index is 1.60. The van der Waals surface area contributed by atoms with Crippen molar-refractivity contribution >= 4 is 23.2 Å². The summed E-state index contributed by atoms with van der Waals surface area (Å²) in [6.45, 7) is 8.92. The molecule has 5 nitrogen and oxygen atoms in total. The van der Waals surface area contributed by atoms with Crippen molar-refractivity contribution in [3.63, 3.8) is 0 Å². The molecule has 1 fully saturated rings. The van der Waals surface area contributed by atoms with Crippen molar-refractivity contribution in [2.75, 3.05) is 19.6 Å². The van der Waals surface area contributed by atoms with Gasteiger partial charge in [-0.05, 0) is 54.8 Å². The van der Waals surface area contributed by atoms with Gasteiger partial charge in [-0.3, -0.25) is 14.5 Å². The lowest BCUT2D eigenvalue weighted by molar-refractivity contribution is -0.130. The highest BCUT2D eigenvalue weighted by Crippen LogP contribution is 2.29. The Morgan fingerprint density at radius 2 is 1.81 bits per heavy atom. The van der Waals surface area contributed by atoms with Gasteiger partial charge in [-0.2, -0.15) is 0 Å². The van der Waals surface area contributed by atoms with Gasteiger partial charge in [0.15, 0.2) is 0 Å². The van der Waals surface area contributed by atoms with Gasteiger partial charge in [-0.25, -0.2) is 0 Å². The third kappa shape index (κ3) is 6.91. The average Bonchev–Trinajstić information content (AvgIpc) is 3.28. The van der Waals surface area contributed by atoms with Crippen LogP contribution in [0.4, 0.5) is 0 Å². The molecule has 1 aliphatic heterocycles. The van der Waals surface area contributed by atoms with E-state index in [0.717, 1.165) is 24.6 Å². The molecule has 2 amide bonds. The molecule has 0 unspecified atom stereocenters. The lowest BCUT2D eigenvalue weighted by Crippen LogP contribution is -2.51. The summed E-state index contributed by atoms with van der Waals surface area (Å²) in [6, 6.07) is 13.5. The van der Waals surface area contributed by atoms with Crippen molar-refractivity contribution in [2.24, 2.45) is 11.8 Å². The van der Waals surface area contributed by atoms with Crippen molar-refractivity contribution in [2.45, 2.75) is 52.1 Å². The van der Waals surface area contributed by atoms with Gasteiger partial charge in [0.25, 0.3) is 0 Å². The van der Waals surface area contributed by atoms with Gasteiger partial charge in [0, 0.05) is 11.4 Å². The molecule has 0 spiro atoms. The number of nitrogens with one attached hydrogen (secondary N) is 2. The quantitative estimate of drug-likeness (QED) is 0.618. The minimum absolute atomic E-state index is 0.00995. The van der Waals surface area contributed by atoms with Crippen LogP contribution in [0.2, 0.25) is 0 Å². The fourth-order valence-corrected chi connectivity index (χ4v) is 4.94. The summed E-state index contributed by atoms with van der Waals surface area (Å²) in [4.78, 5) is 29.3. The second-order valence-electron chi connectivity index (χ2n) is 8.95. The predicted molar refractivity (Wildman–Crippen MR) is 127 cm³/mol. The van der Waals surface area contributed by atoms with Crippen molar-refractivity contribution in [1.82, 2.24) is 15.5 Å². The van der Waals surface area contributed by atoms with E-state index in [1.165, 1.54) is 17.7 Å². The van der Waals surface area contributed by atoms with Crippen molar-refractivity contribution in [1.29, 1.82) is 0 Å². The maximum absolute atomic E-state index is 13.0. The highest BCUT2D eigenvalue weighted by Gasteiger charge is 2.28. The van der Waals surface area contributed by atoms with E-state index in [4.69, 9.17) is 0 Å². The van der Waals surface area contributed by atoms with E-state index in [2.05, 4.69) is 40.0 Å². The first-order chi connectivity index (χ1) is 14.9. The van der Waals surface area contributed by atoms with E-state index < -0.39 is 6.04 Å². The third-order valence-corrected chi connectivity index (χ3v) is 7.05. The molecule has 31 heavy (non-hydrogen) atoms. The van der Waals surface area contributed by atoms with Crippen LogP contribution in [0, 0.1) is 11.8 Å². The Labute approximate surface area is 190 Å². The number of hydrogen-bond acceptors (Lipinski definition) is 4. The molecule has 0 aliphatic carbocycles. The van der Waals surface area contributed by atoms with Gasteiger partial charge in [0.05, 0.1) is 12.5 Å². The zero-order valence-corrected chi connectivity index (χ0v) is 19.7. The molecule has 2 N–H and O–H groups in total. The number of nitrogens with zero attached hydrogens (tertiary/aromatic N) is 1. The number of carbonyl (C=O) groups excluding carboxylic acids is 2. The zero-order valence-electron chi connectivity index (χ0n) is 18.8. The fourth-order valence-electron chi connectivity index (χ4n) is 4.08. The third-order valence-electron chi connectivity index (χ3n) is 6.07. The van der Waals surface area contributed by atoms with E-state index in [-0.39, 0.29) is 30.2 Å². The van der Waals surface area contributed by atoms with Gasteiger partial charge in [0.2, 0.25) is 11.8 Å². The summed E-state index contributed by atoms with van der Waals surface area (Å²) in [5.41, 5.74) is 0.944. The topological polar surface area (TPSA) is 61.4 Å². The Hall–Kier alpha value is -2.18. The highest BCUT2D eigenvalue weighted by atomic mass is 32.1. The molecule has 1 aromatic carbocycles. The summed E-state index contributed by atoms with van der Waals surface area (Å²) in [6.07, 6.45) is 2.67. The Kier molecular flexibility index (Phi) is 8.67. The Morgan fingerprint density at radius 3 is 2.42 bits per heavy atom. The van der Waals surface area contributed by atoms with E-state index in [1.54, 1.807) is 11.3 Å². The summed E-state index contributed by atoms with van der Waals surface area (Å²) >= 11 is 1.74. The molecular formula is C25H35N3O2S. The molecule has 3 rings (SSSR count). The van der Waals surface area contributed by atoms with Gasteiger partial charge in [0.1, 0.15) is 6.04 Å². The van der Waals surface area contributed by atoms with Crippen LogP contribution in [0.5, 0.6) is 0 Å². The van der Waals surface area contributed by atoms with Crippen LogP contribution in [0.15, 0.2) is 47.8 Å². The van der Waals surface area contributed by atoms with Gasteiger partial charge in [-0.15, -0.1) is 11.3 Å². The molecule has 168 valence electrons. The van der Waals surface area contributed by atoms with Gasteiger partial charge < -0.3 is 10.6 Å².